The van der Waals surface area contributed by atoms with E-state index in [1.54, 1.807) is 41.2 Å². The molecule has 1 fully saturated rings. The Hall–Kier alpha value is -3.78. The van der Waals surface area contributed by atoms with Gasteiger partial charge in [0.25, 0.3) is 0 Å². The molecule has 8 heteroatoms. The monoisotopic (exact) mass is 518 g/mol. The fraction of sp³-hybridized carbons (Fsp3) is 0.400. The largest absolute Gasteiger partial charge is 0.497 e. The number of likely N-dealkylation sites (tertiary alicyclic amines) is 1. The summed E-state index contributed by atoms with van der Waals surface area (Å²) >= 11 is 0. The number of amides is 3. The van der Waals surface area contributed by atoms with E-state index in [4.69, 9.17) is 9.15 Å². The SMILES string of the molecule is COc1ccc(NC(=O)N(CCN2CCCC2)CC(=O)N(CCc2ccccc2)Cc2ccc(C)o2)cc1. The normalized spacial score (nSPS) is 13.3. The van der Waals surface area contributed by atoms with E-state index >= 15 is 0 Å². The van der Waals surface area contributed by atoms with Crippen LogP contribution in [0.3, 0.4) is 0 Å². The van der Waals surface area contributed by atoms with E-state index in [1.165, 1.54) is 12.8 Å². The van der Waals surface area contributed by atoms with Gasteiger partial charge >= 0.3 is 6.03 Å². The summed E-state index contributed by atoms with van der Waals surface area (Å²) in [5.74, 6) is 2.14. The van der Waals surface area contributed by atoms with Gasteiger partial charge in [0.15, 0.2) is 0 Å². The molecule has 0 saturated carbocycles. The lowest BCUT2D eigenvalue weighted by molar-refractivity contribution is -0.132. The van der Waals surface area contributed by atoms with E-state index in [2.05, 4.69) is 22.3 Å². The van der Waals surface area contributed by atoms with Crippen LogP contribution < -0.4 is 10.1 Å². The number of rotatable bonds is 12. The molecular weight excluding hydrogens is 480 g/mol. The minimum atomic E-state index is -0.292. The highest BCUT2D eigenvalue weighted by Crippen LogP contribution is 2.17. The predicted octanol–water partition coefficient (Wildman–Crippen LogP) is 4.80. The number of ether oxygens (including phenoxy) is 1. The molecule has 0 aliphatic carbocycles. The number of anilines is 1. The number of carbonyl (C=O) groups is 2. The first-order valence-corrected chi connectivity index (χ1v) is 13.3. The average Bonchev–Trinajstić information content (AvgIpc) is 3.61. The van der Waals surface area contributed by atoms with Gasteiger partial charge < -0.3 is 29.2 Å². The summed E-state index contributed by atoms with van der Waals surface area (Å²) in [5.41, 5.74) is 1.81. The van der Waals surface area contributed by atoms with Crippen LogP contribution >= 0.6 is 0 Å². The number of urea groups is 1. The number of carbonyl (C=O) groups excluding carboxylic acids is 2. The number of hydrogen-bond donors (Lipinski definition) is 1. The van der Waals surface area contributed by atoms with Crippen molar-refractivity contribution in [2.75, 3.05) is 51.7 Å². The Morgan fingerprint density at radius 3 is 2.34 bits per heavy atom. The molecule has 3 amide bonds. The number of methoxy groups -OCH3 is 1. The lowest BCUT2D eigenvalue weighted by Crippen LogP contribution is -2.47. The first-order chi connectivity index (χ1) is 18.5. The molecule has 8 nitrogen and oxygen atoms in total. The van der Waals surface area contributed by atoms with Crippen LogP contribution in [0.25, 0.3) is 0 Å². The molecule has 202 valence electrons. The second-order valence-electron chi connectivity index (χ2n) is 9.69. The van der Waals surface area contributed by atoms with Crippen molar-refractivity contribution >= 4 is 17.6 Å². The third-order valence-electron chi connectivity index (χ3n) is 6.85. The van der Waals surface area contributed by atoms with Crippen LogP contribution in [0.5, 0.6) is 5.75 Å². The fourth-order valence-electron chi connectivity index (χ4n) is 4.62. The summed E-state index contributed by atoms with van der Waals surface area (Å²) in [6.07, 6.45) is 3.07. The zero-order valence-electron chi connectivity index (χ0n) is 22.4. The minimum Gasteiger partial charge on any atom is -0.497 e. The second kappa shape index (κ2) is 13.7. The molecule has 3 aromatic rings. The summed E-state index contributed by atoms with van der Waals surface area (Å²) in [4.78, 5) is 32.8. The number of nitrogens with zero attached hydrogens (tertiary/aromatic N) is 3. The fourth-order valence-corrected chi connectivity index (χ4v) is 4.62. The molecule has 1 saturated heterocycles. The van der Waals surface area contributed by atoms with Crippen molar-refractivity contribution in [3.05, 3.63) is 83.8 Å². The first kappa shape index (κ1) is 27.3. The van der Waals surface area contributed by atoms with Crippen molar-refractivity contribution in [2.24, 2.45) is 0 Å². The smallest absolute Gasteiger partial charge is 0.322 e. The molecule has 4 rings (SSSR count). The number of nitrogens with one attached hydrogen (secondary N) is 1. The quantitative estimate of drug-likeness (QED) is 0.373. The van der Waals surface area contributed by atoms with Crippen LogP contribution in [0.4, 0.5) is 10.5 Å². The Labute approximate surface area is 225 Å². The summed E-state index contributed by atoms with van der Waals surface area (Å²) in [6, 6.07) is 20.8. The van der Waals surface area contributed by atoms with Gasteiger partial charge in [0, 0.05) is 25.3 Å². The van der Waals surface area contributed by atoms with E-state index in [0.717, 1.165) is 43.1 Å². The van der Waals surface area contributed by atoms with Gasteiger partial charge in [0.05, 0.1) is 13.7 Å². The Kier molecular flexibility index (Phi) is 9.81. The van der Waals surface area contributed by atoms with Gasteiger partial charge in [-0.3, -0.25) is 4.79 Å². The van der Waals surface area contributed by atoms with Crippen molar-refractivity contribution in [1.82, 2.24) is 14.7 Å². The molecule has 2 aromatic carbocycles. The van der Waals surface area contributed by atoms with Gasteiger partial charge in [-0.05, 0) is 81.2 Å². The summed E-state index contributed by atoms with van der Waals surface area (Å²) < 4.78 is 11.0. The summed E-state index contributed by atoms with van der Waals surface area (Å²) in [5, 5.41) is 2.95. The zero-order chi connectivity index (χ0) is 26.7. The minimum absolute atomic E-state index is 0.00961. The second-order valence-corrected chi connectivity index (χ2v) is 9.69. The van der Waals surface area contributed by atoms with Gasteiger partial charge in [-0.2, -0.15) is 0 Å². The third kappa shape index (κ3) is 8.11. The molecule has 0 bridgehead atoms. The van der Waals surface area contributed by atoms with Gasteiger partial charge in [0.2, 0.25) is 5.91 Å². The molecule has 2 heterocycles. The van der Waals surface area contributed by atoms with Crippen molar-refractivity contribution < 1.29 is 18.7 Å². The maximum Gasteiger partial charge on any atom is 0.322 e. The highest BCUT2D eigenvalue weighted by atomic mass is 16.5. The molecule has 0 spiro atoms. The van der Waals surface area contributed by atoms with E-state index in [-0.39, 0.29) is 18.5 Å². The molecule has 0 radical (unpaired) electrons. The maximum atomic E-state index is 13.7. The van der Waals surface area contributed by atoms with Crippen LogP contribution in [-0.2, 0) is 17.8 Å². The Morgan fingerprint density at radius 1 is 0.947 bits per heavy atom. The van der Waals surface area contributed by atoms with Gasteiger partial charge in [-0.15, -0.1) is 0 Å². The van der Waals surface area contributed by atoms with Gasteiger partial charge in [-0.1, -0.05) is 30.3 Å². The summed E-state index contributed by atoms with van der Waals surface area (Å²) in [7, 11) is 1.60. The predicted molar refractivity (Wildman–Crippen MR) is 148 cm³/mol. The first-order valence-electron chi connectivity index (χ1n) is 13.3. The highest BCUT2D eigenvalue weighted by molar-refractivity contribution is 5.92. The molecular formula is C30H38N4O4. The lowest BCUT2D eigenvalue weighted by Gasteiger charge is -2.29. The maximum absolute atomic E-state index is 13.7. The number of aryl methyl sites for hydroxylation is 1. The topological polar surface area (TPSA) is 78.3 Å². The zero-order valence-corrected chi connectivity index (χ0v) is 22.4. The Bertz CT molecular complexity index is 1160. The Balaban J connectivity index is 1.46. The van der Waals surface area contributed by atoms with E-state index in [9.17, 15) is 9.59 Å². The standard InChI is InChI=1S/C30H38N4O4/c1-24-10-13-28(38-24)22-33(19-16-25-8-4-3-5-9-25)29(35)23-34(21-20-32-17-6-7-18-32)30(36)31-26-11-14-27(37-2)15-12-26/h3-5,8-15H,6-7,16-23H2,1-2H3,(H,31,36). The number of benzene rings is 2. The average molecular weight is 519 g/mol. The molecule has 0 atom stereocenters. The van der Waals surface area contributed by atoms with Crippen molar-refractivity contribution in [1.29, 1.82) is 0 Å². The van der Waals surface area contributed by atoms with Crippen molar-refractivity contribution in [3.8, 4) is 5.75 Å². The molecule has 1 aliphatic rings. The van der Waals surface area contributed by atoms with Gasteiger partial charge in [0.1, 0.15) is 23.8 Å². The van der Waals surface area contributed by atoms with Crippen LogP contribution in [-0.4, -0.2) is 73.0 Å². The van der Waals surface area contributed by atoms with Crippen LogP contribution in [0.15, 0.2) is 71.1 Å². The number of hydrogen-bond acceptors (Lipinski definition) is 5. The molecule has 1 aliphatic heterocycles. The summed E-state index contributed by atoms with van der Waals surface area (Å²) in [6.45, 7) is 6.05. The Morgan fingerprint density at radius 2 is 1.68 bits per heavy atom. The molecule has 1 N–H and O–H groups in total. The number of furan rings is 1. The van der Waals surface area contributed by atoms with Crippen molar-refractivity contribution in [2.45, 2.75) is 32.7 Å². The highest BCUT2D eigenvalue weighted by Gasteiger charge is 2.24. The third-order valence-corrected chi connectivity index (χ3v) is 6.85. The lowest BCUT2D eigenvalue weighted by atomic mass is 10.1. The molecule has 0 unspecified atom stereocenters. The van der Waals surface area contributed by atoms with Crippen LogP contribution in [0.2, 0.25) is 0 Å². The van der Waals surface area contributed by atoms with Gasteiger partial charge in [-0.25, -0.2) is 4.79 Å². The van der Waals surface area contributed by atoms with Crippen LogP contribution in [0, 0.1) is 6.92 Å². The van der Waals surface area contributed by atoms with Crippen molar-refractivity contribution in [3.63, 3.8) is 0 Å². The molecule has 38 heavy (non-hydrogen) atoms. The van der Waals surface area contributed by atoms with E-state index < -0.39 is 0 Å². The van der Waals surface area contributed by atoms with Crippen LogP contribution in [0.1, 0.15) is 29.9 Å². The molecule has 1 aromatic heterocycles. The van der Waals surface area contributed by atoms with E-state index in [1.807, 2.05) is 37.3 Å². The van der Waals surface area contributed by atoms with E-state index in [0.29, 0.717) is 31.1 Å².